The Balaban J connectivity index is 1.47. The van der Waals surface area contributed by atoms with E-state index in [-0.39, 0.29) is 5.97 Å². The van der Waals surface area contributed by atoms with Crippen LogP contribution < -0.4 is 9.47 Å². The minimum Gasteiger partial charge on any atom is -0.463 e. The van der Waals surface area contributed by atoms with Crippen LogP contribution in [-0.4, -0.2) is 22.5 Å². The van der Waals surface area contributed by atoms with Crippen molar-refractivity contribution in [3.63, 3.8) is 0 Å². The highest BCUT2D eigenvalue weighted by Crippen LogP contribution is 2.33. The molecule has 0 amide bonds. The Morgan fingerprint density at radius 3 is 2.39 bits per heavy atom. The molecule has 1 aliphatic carbocycles. The number of ether oxygens (including phenoxy) is 2. The maximum Gasteiger partial charge on any atom is 0.316 e. The molecule has 168 valence electrons. The maximum atomic E-state index is 11.5. The van der Waals surface area contributed by atoms with Gasteiger partial charge in [-0.15, -0.1) is 0 Å². The summed E-state index contributed by atoms with van der Waals surface area (Å²) >= 11 is 3.46. The predicted octanol–water partition coefficient (Wildman–Crippen LogP) is 6.99. The third-order valence-corrected chi connectivity index (χ3v) is 6.66. The van der Waals surface area contributed by atoms with Crippen LogP contribution in [-0.2, 0) is 4.79 Å². The van der Waals surface area contributed by atoms with Crippen LogP contribution in [0.3, 0.4) is 0 Å². The van der Waals surface area contributed by atoms with Crippen LogP contribution in [0.4, 0.5) is 0 Å². The summed E-state index contributed by atoms with van der Waals surface area (Å²) in [5.74, 6) is 1.77. The third-order valence-electron chi connectivity index (χ3n) is 6.04. The van der Waals surface area contributed by atoms with Crippen molar-refractivity contribution in [2.45, 2.75) is 71.6 Å². The first-order valence-corrected chi connectivity index (χ1v) is 12.3. The second-order valence-corrected chi connectivity index (χ2v) is 9.28. The Labute approximate surface area is 194 Å². The summed E-state index contributed by atoms with van der Waals surface area (Å²) in [5, 5.41) is 0. The summed E-state index contributed by atoms with van der Waals surface area (Å²) in [5.41, 5.74) is 1.82. The van der Waals surface area contributed by atoms with Crippen molar-refractivity contribution in [3.8, 4) is 22.9 Å². The zero-order valence-corrected chi connectivity index (χ0v) is 20.2. The number of nitrogens with zero attached hydrogens (tertiary/aromatic N) is 2. The van der Waals surface area contributed by atoms with E-state index < -0.39 is 0 Å². The van der Waals surface area contributed by atoms with Crippen LogP contribution in [0.15, 0.2) is 35.1 Å². The van der Waals surface area contributed by atoms with Crippen LogP contribution >= 0.6 is 15.9 Å². The summed E-state index contributed by atoms with van der Waals surface area (Å²) in [6, 6.07) is 5.99. The zero-order chi connectivity index (χ0) is 22.1. The molecule has 0 bridgehead atoms. The van der Waals surface area contributed by atoms with E-state index in [4.69, 9.17) is 9.47 Å². The van der Waals surface area contributed by atoms with Gasteiger partial charge in [-0.3, -0.25) is 4.79 Å². The van der Waals surface area contributed by atoms with Gasteiger partial charge in [-0.05, 0) is 58.3 Å². The number of benzene rings is 1. The summed E-state index contributed by atoms with van der Waals surface area (Å²) in [6.07, 6.45) is 14.5. The zero-order valence-electron chi connectivity index (χ0n) is 18.6. The highest BCUT2D eigenvalue weighted by molar-refractivity contribution is 9.10. The first kappa shape index (κ1) is 23.7. The lowest BCUT2D eigenvalue weighted by Gasteiger charge is -2.28. The molecule has 1 fully saturated rings. The van der Waals surface area contributed by atoms with E-state index in [1.54, 1.807) is 25.4 Å². The van der Waals surface area contributed by atoms with Gasteiger partial charge in [0.25, 0.3) is 0 Å². The quantitative estimate of drug-likeness (QED) is 0.205. The number of carbonyl (C=O) groups excluding carboxylic acids is 1. The molecule has 0 radical (unpaired) electrons. The summed E-state index contributed by atoms with van der Waals surface area (Å²) in [7, 11) is 0. The van der Waals surface area contributed by atoms with Gasteiger partial charge in [0.1, 0.15) is 5.75 Å². The van der Waals surface area contributed by atoms with Gasteiger partial charge in [0.15, 0.2) is 0 Å². The van der Waals surface area contributed by atoms with Crippen LogP contribution in [0, 0.1) is 11.8 Å². The number of rotatable bonds is 10. The van der Waals surface area contributed by atoms with Gasteiger partial charge < -0.3 is 9.47 Å². The van der Waals surface area contributed by atoms with Gasteiger partial charge in [0.05, 0.1) is 11.1 Å². The molecule has 0 N–H and O–H groups in total. The molecule has 1 aromatic heterocycles. The fourth-order valence-corrected chi connectivity index (χ4v) is 4.52. The fraction of sp³-hybridized carbons (Fsp3) is 0.560. The Kier molecular flexibility index (Phi) is 9.31. The second-order valence-electron chi connectivity index (χ2n) is 8.42. The van der Waals surface area contributed by atoms with Crippen LogP contribution in [0.2, 0.25) is 0 Å². The van der Waals surface area contributed by atoms with Crippen molar-refractivity contribution in [2.24, 2.45) is 11.8 Å². The minimum absolute atomic E-state index is 0.261. The molecule has 31 heavy (non-hydrogen) atoms. The Hall–Kier alpha value is -1.95. The molecule has 0 aliphatic heterocycles. The fourth-order valence-electron chi connectivity index (χ4n) is 4.06. The number of hydrogen-bond acceptors (Lipinski definition) is 5. The third kappa shape index (κ3) is 7.30. The molecule has 0 spiro atoms. The molecule has 0 saturated heterocycles. The van der Waals surface area contributed by atoms with Crippen LogP contribution in [0.25, 0.3) is 11.1 Å². The standard InChI is InChI=1S/C25H33BrN2O3/c1-3-5-6-7-18-8-10-19(11-9-18)17-30-25-27-15-21(16-28-25)20-12-13-23(22(26)14-20)31-24(29)4-2/h12-16,18-19H,3-11,17H2,1-2H3/t18-,19-. The van der Waals surface area contributed by atoms with E-state index in [9.17, 15) is 4.79 Å². The number of carbonyl (C=O) groups is 1. The minimum atomic E-state index is -0.261. The van der Waals surface area contributed by atoms with Gasteiger partial charge >= 0.3 is 12.0 Å². The SMILES string of the molecule is CCCCC[C@H]1CC[C@H](COc2ncc(-c3ccc(OC(=O)CC)c(Br)c3)cn2)CC1. The lowest BCUT2D eigenvalue weighted by Crippen LogP contribution is -2.20. The maximum absolute atomic E-state index is 11.5. The summed E-state index contributed by atoms with van der Waals surface area (Å²) in [4.78, 5) is 20.3. The highest BCUT2D eigenvalue weighted by Gasteiger charge is 2.21. The second kappa shape index (κ2) is 12.2. The molecule has 6 heteroatoms. The molecule has 0 atom stereocenters. The first-order chi connectivity index (χ1) is 15.1. The molecular formula is C25H33BrN2O3. The van der Waals surface area contributed by atoms with Gasteiger partial charge in [-0.25, -0.2) is 9.97 Å². The molecule has 2 aromatic rings. The molecule has 1 aromatic carbocycles. The topological polar surface area (TPSA) is 61.3 Å². The average Bonchev–Trinajstić information content (AvgIpc) is 2.80. The van der Waals surface area contributed by atoms with Crippen molar-refractivity contribution >= 4 is 21.9 Å². The van der Waals surface area contributed by atoms with Gasteiger partial charge in [0, 0.05) is 24.4 Å². The number of esters is 1. The molecule has 1 heterocycles. The number of hydrogen-bond donors (Lipinski definition) is 0. The van der Waals surface area contributed by atoms with Crippen molar-refractivity contribution in [1.82, 2.24) is 9.97 Å². The molecule has 0 unspecified atom stereocenters. The van der Waals surface area contributed by atoms with Gasteiger partial charge in [-0.2, -0.15) is 0 Å². The number of aromatic nitrogens is 2. The Bertz CT molecular complexity index is 833. The summed E-state index contributed by atoms with van der Waals surface area (Å²) in [6.45, 7) is 4.74. The van der Waals surface area contributed by atoms with E-state index in [2.05, 4.69) is 32.8 Å². The largest absolute Gasteiger partial charge is 0.463 e. The molecular weight excluding hydrogens is 456 g/mol. The smallest absolute Gasteiger partial charge is 0.316 e. The van der Waals surface area contributed by atoms with Crippen molar-refractivity contribution in [1.29, 1.82) is 0 Å². The Morgan fingerprint density at radius 1 is 1.03 bits per heavy atom. The average molecular weight is 489 g/mol. The van der Waals surface area contributed by atoms with E-state index in [0.29, 0.717) is 30.7 Å². The van der Waals surface area contributed by atoms with E-state index in [1.807, 2.05) is 12.1 Å². The van der Waals surface area contributed by atoms with Crippen LogP contribution in [0.1, 0.15) is 71.6 Å². The monoisotopic (exact) mass is 488 g/mol. The lowest BCUT2D eigenvalue weighted by molar-refractivity contribution is -0.134. The number of unbranched alkanes of at least 4 members (excludes halogenated alkanes) is 2. The molecule has 3 rings (SSSR count). The van der Waals surface area contributed by atoms with E-state index >= 15 is 0 Å². The summed E-state index contributed by atoms with van der Waals surface area (Å²) < 4.78 is 11.9. The molecule has 1 aliphatic rings. The molecule has 5 nitrogen and oxygen atoms in total. The number of halogens is 1. The Morgan fingerprint density at radius 2 is 1.74 bits per heavy atom. The lowest BCUT2D eigenvalue weighted by atomic mass is 9.80. The van der Waals surface area contributed by atoms with Crippen molar-refractivity contribution < 1.29 is 14.3 Å². The normalized spacial score (nSPS) is 18.5. The van der Waals surface area contributed by atoms with Crippen molar-refractivity contribution in [3.05, 3.63) is 35.1 Å². The highest BCUT2D eigenvalue weighted by atomic mass is 79.9. The van der Waals surface area contributed by atoms with Crippen LogP contribution in [0.5, 0.6) is 11.8 Å². The van der Waals surface area contributed by atoms with E-state index in [0.717, 1.165) is 21.5 Å². The predicted molar refractivity (Wildman–Crippen MR) is 126 cm³/mol. The van der Waals surface area contributed by atoms with Gasteiger partial charge in [-0.1, -0.05) is 58.4 Å². The van der Waals surface area contributed by atoms with E-state index in [1.165, 1.54) is 51.4 Å². The van der Waals surface area contributed by atoms with Gasteiger partial charge in [0.2, 0.25) is 0 Å². The van der Waals surface area contributed by atoms with Crippen molar-refractivity contribution in [2.75, 3.05) is 6.61 Å². The first-order valence-electron chi connectivity index (χ1n) is 11.5. The molecule has 1 saturated carbocycles.